The second-order valence-electron chi connectivity index (χ2n) is 4.15. The maximum absolute atomic E-state index is 11.7. The molecule has 4 heteroatoms. The fourth-order valence-corrected chi connectivity index (χ4v) is 2.85. The van der Waals surface area contributed by atoms with E-state index < -0.39 is 0 Å². The largest absolute Gasteiger partial charge is 0.355 e. The van der Waals surface area contributed by atoms with Crippen LogP contribution in [-0.2, 0) is 0 Å². The molecular formula is C16H16N2OS. The van der Waals surface area contributed by atoms with E-state index in [1.807, 2.05) is 31.2 Å². The zero-order valence-electron chi connectivity index (χ0n) is 11.5. The molecule has 0 spiro atoms. The van der Waals surface area contributed by atoms with E-state index in [4.69, 9.17) is 0 Å². The van der Waals surface area contributed by atoms with E-state index in [0.717, 1.165) is 21.1 Å². The summed E-state index contributed by atoms with van der Waals surface area (Å²) in [5, 5.41) is 2.62. The lowest BCUT2D eigenvalue weighted by Crippen LogP contribution is -2.17. The fourth-order valence-electron chi connectivity index (χ4n) is 1.81. The molecule has 0 fully saturated rings. The van der Waals surface area contributed by atoms with Crippen molar-refractivity contribution < 1.29 is 4.79 Å². The number of hydrogen-bond acceptors (Lipinski definition) is 3. The molecule has 0 aliphatic carbocycles. The molecule has 20 heavy (non-hydrogen) atoms. The van der Waals surface area contributed by atoms with E-state index in [1.165, 1.54) is 0 Å². The summed E-state index contributed by atoms with van der Waals surface area (Å²) in [6, 6.07) is 5.54. The monoisotopic (exact) mass is 284 g/mol. The van der Waals surface area contributed by atoms with Crippen LogP contribution in [0.15, 0.2) is 63.4 Å². The van der Waals surface area contributed by atoms with Crippen LogP contribution in [0.4, 0.5) is 5.69 Å². The minimum atomic E-state index is -0.108. The fraction of sp³-hybridized carbons (Fsp3) is 0.125. The molecule has 1 amide bonds. The molecule has 1 aromatic carbocycles. The summed E-state index contributed by atoms with van der Waals surface area (Å²) in [7, 11) is 1.62. The van der Waals surface area contributed by atoms with Gasteiger partial charge in [-0.1, -0.05) is 36.6 Å². The third kappa shape index (κ3) is 2.91. The number of benzene rings is 1. The standard InChI is InChI=1S/C16H16N2OS/c1-4-6-14-11(5-2)10-18-13-9-12(16(19)17-3)7-8-15(13)20-14/h4-10H,2H2,1,3H3,(H,17,19)/b6-4-. The first-order valence-corrected chi connectivity index (χ1v) is 7.08. The van der Waals surface area contributed by atoms with Crippen molar-refractivity contribution in [1.29, 1.82) is 0 Å². The Kier molecular flexibility index (Phi) is 4.58. The Morgan fingerprint density at radius 1 is 1.45 bits per heavy atom. The summed E-state index contributed by atoms with van der Waals surface area (Å²) in [6.45, 7) is 5.80. The van der Waals surface area contributed by atoms with Crippen molar-refractivity contribution in [2.75, 3.05) is 7.05 Å². The van der Waals surface area contributed by atoms with Crippen molar-refractivity contribution in [2.24, 2.45) is 4.99 Å². The van der Waals surface area contributed by atoms with Crippen molar-refractivity contribution in [3.05, 3.63) is 59.0 Å². The van der Waals surface area contributed by atoms with Crippen molar-refractivity contribution in [2.45, 2.75) is 11.8 Å². The average Bonchev–Trinajstić information content (AvgIpc) is 2.65. The SMILES string of the molecule is C=CC1=C(/C=C\C)Sc2ccc(C(=O)NC)cc2N=C1. The Labute approximate surface area is 123 Å². The summed E-state index contributed by atoms with van der Waals surface area (Å²) in [5.41, 5.74) is 2.39. The van der Waals surface area contributed by atoms with Crippen LogP contribution < -0.4 is 5.32 Å². The molecule has 0 unspecified atom stereocenters. The minimum Gasteiger partial charge on any atom is -0.355 e. The van der Waals surface area contributed by atoms with Gasteiger partial charge in [0.25, 0.3) is 5.91 Å². The summed E-state index contributed by atoms with van der Waals surface area (Å²) >= 11 is 1.63. The van der Waals surface area contributed by atoms with Crippen LogP contribution in [0, 0.1) is 0 Å². The number of carbonyl (C=O) groups excluding carboxylic acids is 1. The highest BCUT2D eigenvalue weighted by Crippen LogP contribution is 2.39. The number of fused-ring (bicyclic) bond motifs is 1. The molecule has 0 aromatic heterocycles. The first-order chi connectivity index (χ1) is 9.69. The lowest BCUT2D eigenvalue weighted by molar-refractivity contribution is 0.0963. The second kappa shape index (κ2) is 6.39. The maximum atomic E-state index is 11.7. The van der Waals surface area contributed by atoms with Crippen LogP contribution in [0.2, 0.25) is 0 Å². The predicted octanol–water partition coefficient (Wildman–Crippen LogP) is 3.87. The molecule has 102 valence electrons. The van der Waals surface area contributed by atoms with Crippen molar-refractivity contribution in [3.8, 4) is 0 Å². The van der Waals surface area contributed by atoms with Gasteiger partial charge in [0, 0.05) is 34.2 Å². The van der Waals surface area contributed by atoms with Crippen molar-refractivity contribution >= 4 is 29.6 Å². The number of hydrogen-bond donors (Lipinski definition) is 1. The third-order valence-electron chi connectivity index (χ3n) is 2.83. The molecule has 0 atom stereocenters. The highest BCUT2D eigenvalue weighted by Gasteiger charge is 2.13. The highest BCUT2D eigenvalue weighted by molar-refractivity contribution is 8.03. The molecule has 3 nitrogen and oxygen atoms in total. The van der Waals surface area contributed by atoms with Crippen LogP contribution in [0.1, 0.15) is 17.3 Å². The van der Waals surface area contributed by atoms with Gasteiger partial charge in [-0.25, -0.2) is 0 Å². The van der Waals surface area contributed by atoms with Gasteiger partial charge in [0.05, 0.1) is 5.69 Å². The molecule has 2 rings (SSSR count). The van der Waals surface area contributed by atoms with Crippen LogP contribution in [-0.4, -0.2) is 19.2 Å². The van der Waals surface area contributed by atoms with E-state index in [1.54, 1.807) is 37.2 Å². The molecule has 1 aromatic rings. The van der Waals surface area contributed by atoms with E-state index in [2.05, 4.69) is 16.9 Å². The number of nitrogens with one attached hydrogen (secondary N) is 1. The number of allylic oxidation sites excluding steroid dienone is 4. The summed E-state index contributed by atoms with van der Waals surface area (Å²) < 4.78 is 0. The third-order valence-corrected chi connectivity index (χ3v) is 3.99. The molecule has 1 aliphatic heterocycles. The van der Waals surface area contributed by atoms with Gasteiger partial charge in [0.15, 0.2) is 0 Å². The molecular weight excluding hydrogens is 268 g/mol. The van der Waals surface area contributed by atoms with Gasteiger partial charge in [0.1, 0.15) is 0 Å². The Morgan fingerprint density at radius 2 is 2.25 bits per heavy atom. The lowest BCUT2D eigenvalue weighted by atomic mass is 10.2. The zero-order valence-corrected chi connectivity index (χ0v) is 12.3. The van der Waals surface area contributed by atoms with Gasteiger partial charge in [-0.2, -0.15) is 0 Å². The smallest absolute Gasteiger partial charge is 0.251 e. The van der Waals surface area contributed by atoms with E-state index in [-0.39, 0.29) is 5.91 Å². The number of nitrogens with zero attached hydrogens (tertiary/aromatic N) is 1. The van der Waals surface area contributed by atoms with E-state index >= 15 is 0 Å². The van der Waals surface area contributed by atoms with Gasteiger partial charge in [-0.3, -0.25) is 9.79 Å². The zero-order chi connectivity index (χ0) is 14.5. The molecule has 1 N–H and O–H groups in total. The Balaban J connectivity index is 2.46. The number of thioether (sulfide) groups is 1. The van der Waals surface area contributed by atoms with E-state index in [9.17, 15) is 4.79 Å². The molecule has 0 radical (unpaired) electrons. The maximum Gasteiger partial charge on any atom is 0.251 e. The van der Waals surface area contributed by atoms with Gasteiger partial charge in [-0.05, 0) is 25.1 Å². The predicted molar refractivity (Wildman–Crippen MR) is 85.9 cm³/mol. The van der Waals surface area contributed by atoms with Crippen LogP contribution >= 0.6 is 11.8 Å². The summed E-state index contributed by atoms with van der Waals surface area (Å²) in [5.74, 6) is -0.108. The average molecular weight is 284 g/mol. The van der Waals surface area contributed by atoms with Gasteiger partial charge >= 0.3 is 0 Å². The topological polar surface area (TPSA) is 41.5 Å². The van der Waals surface area contributed by atoms with Gasteiger partial charge in [0.2, 0.25) is 0 Å². The van der Waals surface area contributed by atoms with Crippen LogP contribution in [0.25, 0.3) is 0 Å². The van der Waals surface area contributed by atoms with Crippen LogP contribution in [0.5, 0.6) is 0 Å². The number of rotatable bonds is 3. The van der Waals surface area contributed by atoms with Gasteiger partial charge < -0.3 is 5.32 Å². The normalized spacial score (nSPS) is 14.1. The Bertz CT molecular complexity index is 642. The summed E-state index contributed by atoms with van der Waals surface area (Å²) in [6.07, 6.45) is 7.60. The van der Waals surface area contributed by atoms with E-state index in [0.29, 0.717) is 5.56 Å². The number of aliphatic imine (C=N–C) groups is 1. The second-order valence-corrected chi connectivity index (χ2v) is 5.23. The minimum absolute atomic E-state index is 0.108. The summed E-state index contributed by atoms with van der Waals surface area (Å²) in [4.78, 5) is 18.2. The first-order valence-electron chi connectivity index (χ1n) is 6.27. The first kappa shape index (κ1) is 14.3. The Hall–Kier alpha value is -2.07. The molecule has 0 bridgehead atoms. The van der Waals surface area contributed by atoms with Gasteiger partial charge in [-0.15, -0.1) is 0 Å². The molecule has 0 saturated heterocycles. The lowest BCUT2D eigenvalue weighted by Gasteiger charge is -2.06. The van der Waals surface area contributed by atoms with Crippen LogP contribution in [0.3, 0.4) is 0 Å². The van der Waals surface area contributed by atoms with Crippen molar-refractivity contribution in [1.82, 2.24) is 5.32 Å². The number of amides is 1. The number of carbonyl (C=O) groups is 1. The van der Waals surface area contributed by atoms with Crippen molar-refractivity contribution in [3.63, 3.8) is 0 Å². The molecule has 1 heterocycles. The molecule has 1 aliphatic rings. The molecule has 0 saturated carbocycles. The quantitative estimate of drug-likeness (QED) is 0.915. The Morgan fingerprint density at radius 3 is 2.90 bits per heavy atom. The highest BCUT2D eigenvalue weighted by atomic mass is 32.2.